The molecule has 0 amide bonds. The Morgan fingerprint density at radius 2 is 2.08 bits per heavy atom. The number of nitrogens with zero attached hydrogens (tertiary/aromatic N) is 2. The molecule has 0 aromatic rings. The van der Waals surface area contributed by atoms with Crippen LogP contribution in [0.1, 0.15) is 20.8 Å². The van der Waals surface area contributed by atoms with Crippen LogP contribution in [0.15, 0.2) is 28.6 Å². The van der Waals surface area contributed by atoms with Crippen molar-refractivity contribution in [1.82, 2.24) is 4.90 Å². The third-order valence-electron chi connectivity index (χ3n) is 1.74. The highest BCUT2D eigenvalue weighted by atomic mass is 35.5. The predicted molar refractivity (Wildman–Crippen MR) is 56.3 cm³/mol. The lowest BCUT2D eigenvalue weighted by Gasteiger charge is -2.36. The van der Waals surface area contributed by atoms with E-state index >= 15 is 0 Å². The van der Waals surface area contributed by atoms with Crippen LogP contribution in [0.25, 0.3) is 0 Å². The van der Waals surface area contributed by atoms with Crippen molar-refractivity contribution in [3.8, 4) is 0 Å². The van der Waals surface area contributed by atoms with Gasteiger partial charge >= 0.3 is 0 Å². The molecule has 0 aromatic carbocycles. The lowest BCUT2D eigenvalue weighted by molar-refractivity contribution is 0.255. The smallest absolute Gasteiger partial charge is 0.146 e. The van der Waals surface area contributed by atoms with E-state index in [0.29, 0.717) is 16.7 Å². The monoisotopic (exact) mass is 199 g/mol. The van der Waals surface area contributed by atoms with Gasteiger partial charge in [0, 0.05) is 11.7 Å². The molecule has 0 saturated heterocycles. The lowest BCUT2D eigenvalue weighted by atomic mass is 10.1. The molecule has 2 N–H and O–H groups in total. The molecule has 13 heavy (non-hydrogen) atoms. The molecule has 0 unspecified atom stereocenters. The molecule has 3 nitrogen and oxygen atoms in total. The maximum absolute atomic E-state index is 5.86. The summed E-state index contributed by atoms with van der Waals surface area (Å²) in [6, 6.07) is 0. The number of amidine groups is 1. The van der Waals surface area contributed by atoms with Gasteiger partial charge in [-0.25, -0.2) is 4.99 Å². The van der Waals surface area contributed by atoms with Gasteiger partial charge in [0.1, 0.15) is 11.7 Å². The second kappa shape index (κ2) is 3.07. The highest BCUT2D eigenvalue weighted by Crippen LogP contribution is 2.25. The summed E-state index contributed by atoms with van der Waals surface area (Å²) in [5.41, 5.74) is 5.45. The van der Waals surface area contributed by atoms with E-state index in [-0.39, 0.29) is 5.54 Å². The van der Waals surface area contributed by atoms with E-state index in [9.17, 15) is 0 Å². The first kappa shape index (κ1) is 10.1. The summed E-state index contributed by atoms with van der Waals surface area (Å²) in [7, 11) is 0. The van der Waals surface area contributed by atoms with Crippen molar-refractivity contribution in [1.29, 1.82) is 0 Å². The summed E-state index contributed by atoms with van der Waals surface area (Å²) < 4.78 is 0. The van der Waals surface area contributed by atoms with E-state index in [4.69, 9.17) is 17.3 Å². The molecule has 72 valence electrons. The molecule has 1 rings (SSSR count). The summed E-state index contributed by atoms with van der Waals surface area (Å²) >= 11 is 5.86. The molecular weight excluding hydrogens is 186 g/mol. The minimum Gasteiger partial charge on any atom is -0.382 e. The Labute approximate surface area is 83.6 Å². The predicted octanol–water partition coefficient (Wildman–Crippen LogP) is 2.01. The Bertz CT molecular complexity index is 296. The number of halogens is 1. The summed E-state index contributed by atoms with van der Waals surface area (Å²) in [5, 5.41) is 0.460. The second-order valence-electron chi connectivity index (χ2n) is 3.93. The molecule has 0 radical (unpaired) electrons. The Balaban J connectivity index is 3.01. The molecule has 0 bridgehead atoms. The van der Waals surface area contributed by atoms with E-state index in [0.717, 1.165) is 0 Å². The van der Waals surface area contributed by atoms with Gasteiger partial charge in [-0.2, -0.15) is 0 Å². The maximum Gasteiger partial charge on any atom is 0.146 e. The van der Waals surface area contributed by atoms with Crippen LogP contribution in [0.4, 0.5) is 0 Å². The summed E-state index contributed by atoms with van der Waals surface area (Å²) in [6.45, 7) is 9.96. The summed E-state index contributed by atoms with van der Waals surface area (Å²) in [4.78, 5) is 5.93. The van der Waals surface area contributed by atoms with Crippen molar-refractivity contribution < 1.29 is 0 Å². The van der Waals surface area contributed by atoms with Crippen molar-refractivity contribution in [3.05, 3.63) is 23.6 Å². The van der Waals surface area contributed by atoms with Gasteiger partial charge in [0.2, 0.25) is 0 Å². The lowest BCUT2D eigenvalue weighted by Crippen LogP contribution is -2.38. The molecule has 4 heteroatoms. The highest BCUT2D eigenvalue weighted by Gasteiger charge is 2.24. The van der Waals surface area contributed by atoms with Gasteiger partial charge in [0.25, 0.3) is 0 Å². The third-order valence-corrected chi connectivity index (χ3v) is 2.03. The van der Waals surface area contributed by atoms with Crippen molar-refractivity contribution in [2.24, 2.45) is 10.7 Å². The van der Waals surface area contributed by atoms with Gasteiger partial charge in [-0.05, 0) is 20.8 Å². The van der Waals surface area contributed by atoms with Gasteiger partial charge in [0.05, 0.1) is 5.03 Å². The minimum absolute atomic E-state index is 0.0819. The molecule has 0 saturated carbocycles. The zero-order valence-electron chi connectivity index (χ0n) is 8.13. The van der Waals surface area contributed by atoms with Crippen LogP contribution in [0, 0.1) is 0 Å². The fraction of sp³-hybridized carbons (Fsp3) is 0.444. The van der Waals surface area contributed by atoms with Crippen molar-refractivity contribution in [2.45, 2.75) is 26.3 Å². The Hall–Kier alpha value is -0.960. The Kier molecular flexibility index (Phi) is 2.39. The molecule has 0 atom stereocenters. The first-order valence-corrected chi connectivity index (χ1v) is 4.40. The average molecular weight is 200 g/mol. The number of hydrogen-bond acceptors (Lipinski definition) is 3. The quantitative estimate of drug-likeness (QED) is 0.649. The topological polar surface area (TPSA) is 41.6 Å². The van der Waals surface area contributed by atoms with Crippen LogP contribution in [0.3, 0.4) is 0 Å². The first-order chi connectivity index (χ1) is 5.82. The number of rotatable bonds is 0. The fourth-order valence-corrected chi connectivity index (χ4v) is 1.22. The SMILES string of the molecule is C=C1N=C(N)C(Cl)=CN1C(C)(C)C. The second-order valence-corrected chi connectivity index (χ2v) is 4.34. The van der Waals surface area contributed by atoms with E-state index in [1.54, 1.807) is 6.20 Å². The fourth-order valence-electron chi connectivity index (χ4n) is 1.08. The molecular formula is C9H14ClN3. The van der Waals surface area contributed by atoms with E-state index in [1.807, 2.05) is 4.90 Å². The van der Waals surface area contributed by atoms with Gasteiger partial charge in [-0.1, -0.05) is 18.2 Å². The zero-order chi connectivity index (χ0) is 10.2. The van der Waals surface area contributed by atoms with Crippen LogP contribution in [0.2, 0.25) is 0 Å². The summed E-state index contributed by atoms with van der Waals surface area (Å²) in [6.07, 6.45) is 1.76. The van der Waals surface area contributed by atoms with Crippen molar-refractivity contribution in [3.63, 3.8) is 0 Å². The van der Waals surface area contributed by atoms with E-state index in [1.165, 1.54) is 0 Å². The van der Waals surface area contributed by atoms with Gasteiger partial charge in [0.15, 0.2) is 0 Å². The van der Waals surface area contributed by atoms with Crippen LogP contribution >= 0.6 is 11.6 Å². The van der Waals surface area contributed by atoms with Gasteiger partial charge in [-0.3, -0.25) is 0 Å². The molecule has 1 aliphatic rings. The maximum atomic E-state index is 5.86. The van der Waals surface area contributed by atoms with Gasteiger partial charge in [-0.15, -0.1) is 0 Å². The molecule has 1 aliphatic heterocycles. The van der Waals surface area contributed by atoms with Gasteiger partial charge < -0.3 is 10.6 Å². The van der Waals surface area contributed by atoms with Crippen LogP contribution < -0.4 is 5.73 Å². The van der Waals surface area contributed by atoms with Crippen LogP contribution in [0.5, 0.6) is 0 Å². The minimum atomic E-state index is -0.0819. The third kappa shape index (κ3) is 2.04. The standard InChI is InChI=1S/C9H14ClN3/c1-6-12-8(11)7(10)5-13(6)9(2,3)4/h5H,1H2,2-4H3,(H2,11,12). The van der Waals surface area contributed by atoms with Crippen molar-refractivity contribution in [2.75, 3.05) is 0 Å². The normalized spacial score (nSPS) is 18.5. The Morgan fingerprint density at radius 1 is 1.54 bits per heavy atom. The van der Waals surface area contributed by atoms with Crippen molar-refractivity contribution >= 4 is 17.4 Å². The Morgan fingerprint density at radius 3 is 2.54 bits per heavy atom. The molecule has 0 aliphatic carbocycles. The largest absolute Gasteiger partial charge is 0.382 e. The number of hydrogen-bond donors (Lipinski definition) is 1. The first-order valence-electron chi connectivity index (χ1n) is 4.02. The van der Waals surface area contributed by atoms with Crippen LogP contribution in [-0.2, 0) is 0 Å². The van der Waals surface area contributed by atoms with E-state index in [2.05, 4.69) is 32.3 Å². The van der Waals surface area contributed by atoms with Crippen LogP contribution in [-0.4, -0.2) is 16.3 Å². The zero-order valence-corrected chi connectivity index (χ0v) is 8.89. The van der Waals surface area contributed by atoms with E-state index < -0.39 is 0 Å². The molecule has 0 aromatic heterocycles. The molecule has 0 spiro atoms. The number of nitrogens with two attached hydrogens (primary N) is 1. The summed E-state index contributed by atoms with van der Waals surface area (Å²) in [5.74, 6) is 0.946. The average Bonchev–Trinajstić information content (AvgIpc) is 1.94. The highest BCUT2D eigenvalue weighted by molar-refractivity contribution is 6.43. The number of aliphatic imine (C=N–C) groups is 1. The molecule has 1 heterocycles. The molecule has 0 fully saturated rings.